The summed E-state index contributed by atoms with van der Waals surface area (Å²) in [6.07, 6.45) is 7.71. The van der Waals surface area contributed by atoms with Gasteiger partial charge in [-0.15, -0.1) is 0 Å². The Balaban J connectivity index is 2.25. The molecule has 0 amide bonds. The molecule has 0 radical (unpaired) electrons. The quantitative estimate of drug-likeness (QED) is 0.778. The van der Waals surface area contributed by atoms with E-state index in [1.54, 1.807) is 12.4 Å². The largest absolute Gasteiger partial charge is 0.309 e. The van der Waals surface area contributed by atoms with Crippen LogP contribution < -0.4 is 5.32 Å². The number of rotatable bonds is 6. The highest BCUT2D eigenvalue weighted by molar-refractivity contribution is 4.94. The van der Waals surface area contributed by atoms with Gasteiger partial charge in [-0.3, -0.25) is 9.97 Å². The molecule has 0 aliphatic rings. The van der Waals surface area contributed by atoms with Gasteiger partial charge in [-0.2, -0.15) is 0 Å². The summed E-state index contributed by atoms with van der Waals surface area (Å²) in [5, 5.41) is 3.46. The normalized spacial score (nSPS) is 14.9. The fourth-order valence-electron chi connectivity index (χ4n) is 1.55. The third-order valence-corrected chi connectivity index (χ3v) is 2.70. The predicted octanol–water partition coefficient (Wildman–Crippen LogP) is 2.39. The van der Waals surface area contributed by atoms with Crippen molar-refractivity contribution in [2.45, 2.75) is 46.2 Å². The smallest absolute Gasteiger partial charge is 0.0724 e. The van der Waals surface area contributed by atoms with Crippen molar-refractivity contribution in [3.05, 3.63) is 24.3 Å². The van der Waals surface area contributed by atoms with E-state index in [9.17, 15) is 0 Å². The van der Waals surface area contributed by atoms with Crippen molar-refractivity contribution in [1.29, 1.82) is 0 Å². The maximum Gasteiger partial charge on any atom is 0.0724 e. The minimum Gasteiger partial charge on any atom is -0.309 e. The number of aromatic nitrogens is 2. The first-order valence-electron chi connectivity index (χ1n) is 5.70. The highest BCUT2D eigenvalue weighted by Crippen LogP contribution is 2.09. The SMILES string of the molecule is CCC(C)CC(C)NCc1cnccn1. The van der Waals surface area contributed by atoms with E-state index < -0.39 is 0 Å². The summed E-state index contributed by atoms with van der Waals surface area (Å²) in [6.45, 7) is 7.56. The number of nitrogens with one attached hydrogen (secondary N) is 1. The third kappa shape index (κ3) is 4.88. The Morgan fingerprint density at radius 3 is 2.73 bits per heavy atom. The molecule has 1 aromatic rings. The van der Waals surface area contributed by atoms with Crippen LogP contribution in [0.4, 0.5) is 0 Å². The topological polar surface area (TPSA) is 37.8 Å². The average Bonchev–Trinajstić information content (AvgIpc) is 2.27. The summed E-state index contributed by atoms with van der Waals surface area (Å²) in [6, 6.07) is 0.543. The first-order chi connectivity index (χ1) is 7.22. The molecule has 0 aliphatic carbocycles. The number of hydrogen-bond acceptors (Lipinski definition) is 3. The standard InChI is InChI=1S/C12H21N3/c1-4-10(2)7-11(3)15-9-12-8-13-5-6-14-12/h5-6,8,10-11,15H,4,7,9H2,1-3H3. The van der Waals surface area contributed by atoms with Gasteiger partial charge in [0.25, 0.3) is 0 Å². The second kappa shape index (κ2) is 6.51. The first kappa shape index (κ1) is 12.1. The molecule has 3 heteroatoms. The lowest BCUT2D eigenvalue weighted by atomic mass is 10.0. The van der Waals surface area contributed by atoms with Crippen molar-refractivity contribution < 1.29 is 0 Å². The van der Waals surface area contributed by atoms with Crippen LogP contribution in [0.25, 0.3) is 0 Å². The zero-order chi connectivity index (χ0) is 11.1. The van der Waals surface area contributed by atoms with Crippen LogP contribution in [0.1, 0.15) is 39.3 Å². The van der Waals surface area contributed by atoms with Gasteiger partial charge in [-0.25, -0.2) is 0 Å². The Morgan fingerprint density at radius 2 is 2.13 bits per heavy atom. The van der Waals surface area contributed by atoms with Gasteiger partial charge in [-0.1, -0.05) is 20.3 Å². The molecule has 0 aromatic carbocycles. The Labute approximate surface area is 92.3 Å². The molecule has 1 rings (SSSR count). The minimum absolute atomic E-state index is 0.543. The van der Waals surface area contributed by atoms with Crippen LogP contribution in [0, 0.1) is 5.92 Å². The van der Waals surface area contributed by atoms with E-state index in [4.69, 9.17) is 0 Å². The molecule has 0 bridgehead atoms. The molecular weight excluding hydrogens is 186 g/mol. The summed E-state index contributed by atoms with van der Waals surface area (Å²) in [4.78, 5) is 8.26. The van der Waals surface area contributed by atoms with Gasteiger partial charge in [0.15, 0.2) is 0 Å². The van der Waals surface area contributed by atoms with Crippen LogP contribution in [0.5, 0.6) is 0 Å². The van der Waals surface area contributed by atoms with Crippen molar-refractivity contribution in [3.63, 3.8) is 0 Å². The average molecular weight is 207 g/mol. The lowest BCUT2D eigenvalue weighted by molar-refractivity contribution is 0.410. The highest BCUT2D eigenvalue weighted by Gasteiger charge is 2.06. The van der Waals surface area contributed by atoms with Gasteiger partial charge in [0.1, 0.15) is 0 Å². The van der Waals surface area contributed by atoms with E-state index in [0.29, 0.717) is 6.04 Å². The lowest BCUT2D eigenvalue weighted by Crippen LogP contribution is -2.27. The Kier molecular flexibility index (Phi) is 5.26. The van der Waals surface area contributed by atoms with Crippen LogP contribution in [0.3, 0.4) is 0 Å². The summed E-state index contributed by atoms with van der Waals surface area (Å²) < 4.78 is 0. The molecular formula is C12H21N3. The van der Waals surface area contributed by atoms with Gasteiger partial charge in [-0.05, 0) is 19.3 Å². The Bertz CT molecular complexity index is 261. The summed E-state index contributed by atoms with van der Waals surface area (Å²) in [5.74, 6) is 0.786. The van der Waals surface area contributed by atoms with E-state index in [2.05, 4.69) is 36.1 Å². The van der Waals surface area contributed by atoms with Gasteiger partial charge < -0.3 is 5.32 Å². The van der Waals surface area contributed by atoms with Crippen LogP contribution >= 0.6 is 0 Å². The van der Waals surface area contributed by atoms with Crippen molar-refractivity contribution in [3.8, 4) is 0 Å². The number of nitrogens with zero attached hydrogens (tertiary/aromatic N) is 2. The summed E-state index contributed by atoms with van der Waals surface area (Å²) in [7, 11) is 0. The molecule has 1 aromatic heterocycles. The maximum atomic E-state index is 4.23. The second-order valence-corrected chi connectivity index (χ2v) is 4.23. The molecule has 3 nitrogen and oxygen atoms in total. The van der Waals surface area contributed by atoms with Crippen molar-refractivity contribution in [1.82, 2.24) is 15.3 Å². The van der Waals surface area contributed by atoms with Crippen LogP contribution in [0.15, 0.2) is 18.6 Å². The van der Waals surface area contributed by atoms with Crippen molar-refractivity contribution in [2.24, 2.45) is 5.92 Å². The molecule has 0 spiro atoms. The highest BCUT2D eigenvalue weighted by atomic mass is 14.9. The van der Waals surface area contributed by atoms with Crippen LogP contribution in [-0.2, 0) is 6.54 Å². The van der Waals surface area contributed by atoms with E-state index >= 15 is 0 Å². The molecule has 1 heterocycles. The van der Waals surface area contributed by atoms with Crippen LogP contribution in [0.2, 0.25) is 0 Å². The van der Waals surface area contributed by atoms with Gasteiger partial charge in [0.05, 0.1) is 5.69 Å². The minimum atomic E-state index is 0.543. The van der Waals surface area contributed by atoms with Gasteiger partial charge in [0, 0.05) is 31.2 Å². The lowest BCUT2D eigenvalue weighted by Gasteiger charge is -2.17. The van der Waals surface area contributed by atoms with Crippen molar-refractivity contribution in [2.75, 3.05) is 0 Å². The second-order valence-electron chi connectivity index (χ2n) is 4.23. The Hall–Kier alpha value is -0.960. The fourth-order valence-corrected chi connectivity index (χ4v) is 1.55. The molecule has 1 N–H and O–H groups in total. The third-order valence-electron chi connectivity index (χ3n) is 2.70. The molecule has 15 heavy (non-hydrogen) atoms. The summed E-state index contributed by atoms with van der Waals surface area (Å²) in [5.41, 5.74) is 1.01. The number of hydrogen-bond donors (Lipinski definition) is 1. The van der Waals surface area contributed by atoms with E-state index in [-0.39, 0.29) is 0 Å². The van der Waals surface area contributed by atoms with Gasteiger partial charge in [0.2, 0.25) is 0 Å². The molecule has 0 saturated heterocycles. The zero-order valence-electron chi connectivity index (χ0n) is 9.90. The molecule has 0 saturated carbocycles. The first-order valence-corrected chi connectivity index (χ1v) is 5.70. The molecule has 0 fully saturated rings. The Morgan fingerprint density at radius 1 is 1.33 bits per heavy atom. The van der Waals surface area contributed by atoms with E-state index in [0.717, 1.165) is 18.2 Å². The summed E-state index contributed by atoms with van der Waals surface area (Å²) >= 11 is 0. The monoisotopic (exact) mass is 207 g/mol. The zero-order valence-corrected chi connectivity index (χ0v) is 9.90. The fraction of sp³-hybridized carbons (Fsp3) is 0.667. The van der Waals surface area contributed by atoms with E-state index in [1.807, 2.05) is 6.20 Å². The van der Waals surface area contributed by atoms with Crippen molar-refractivity contribution >= 4 is 0 Å². The van der Waals surface area contributed by atoms with E-state index in [1.165, 1.54) is 12.8 Å². The van der Waals surface area contributed by atoms with Gasteiger partial charge >= 0.3 is 0 Å². The van der Waals surface area contributed by atoms with Crippen LogP contribution in [-0.4, -0.2) is 16.0 Å². The predicted molar refractivity (Wildman–Crippen MR) is 62.4 cm³/mol. The maximum absolute atomic E-state index is 4.23. The molecule has 2 unspecified atom stereocenters. The molecule has 2 atom stereocenters. The molecule has 0 aliphatic heterocycles. The molecule has 84 valence electrons.